The van der Waals surface area contributed by atoms with E-state index in [0.717, 1.165) is 0 Å². The summed E-state index contributed by atoms with van der Waals surface area (Å²) in [5, 5.41) is 20.7. The van der Waals surface area contributed by atoms with Crippen molar-refractivity contribution >= 4 is 18.1 Å². The largest absolute Gasteiger partial charge is 0.345 e. The molecule has 1 aromatic carbocycles. The van der Waals surface area contributed by atoms with Crippen LogP contribution in [0.2, 0.25) is 0 Å². The predicted octanol–water partition coefficient (Wildman–Crippen LogP) is 0.866. The normalized spacial score (nSPS) is 10.7. The van der Waals surface area contributed by atoms with E-state index in [1.807, 2.05) is 17.6 Å². The third-order valence-corrected chi connectivity index (χ3v) is 3.62. The highest BCUT2D eigenvalue weighted by molar-refractivity contribution is 7.71. The Labute approximate surface area is 136 Å². The molecule has 0 atom stereocenters. The molecule has 2 N–H and O–H groups in total. The summed E-state index contributed by atoms with van der Waals surface area (Å²) in [4.78, 5) is 12.5. The Hall–Kier alpha value is -2.88. The van der Waals surface area contributed by atoms with Gasteiger partial charge in [-0.15, -0.1) is 5.10 Å². The number of nitrogens with one attached hydrogen (secondary N) is 2. The van der Waals surface area contributed by atoms with Crippen LogP contribution in [0.1, 0.15) is 23.1 Å². The van der Waals surface area contributed by atoms with Crippen molar-refractivity contribution in [2.75, 3.05) is 0 Å². The number of hydrogen-bond donors (Lipinski definition) is 2. The average Bonchev–Trinajstić information content (AvgIpc) is 3.22. The molecular formula is C13H14N8OS. The van der Waals surface area contributed by atoms with E-state index in [1.165, 1.54) is 11.0 Å². The fourth-order valence-corrected chi connectivity index (χ4v) is 2.48. The van der Waals surface area contributed by atoms with Gasteiger partial charge in [0.1, 0.15) is 6.33 Å². The molecule has 0 spiro atoms. The molecule has 0 bridgehead atoms. The molecule has 1 amide bonds. The van der Waals surface area contributed by atoms with E-state index < -0.39 is 0 Å². The number of rotatable bonds is 5. The molecular weight excluding hydrogens is 316 g/mol. The first kappa shape index (κ1) is 15.0. The van der Waals surface area contributed by atoms with Crippen molar-refractivity contribution in [3.05, 3.63) is 46.8 Å². The number of benzene rings is 1. The van der Waals surface area contributed by atoms with E-state index in [0.29, 0.717) is 28.4 Å². The molecule has 9 nitrogen and oxygen atoms in total. The number of carbonyl (C=O) groups is 1. The summed E-state index contributed by atoms with van der Waals surface area (Å²) in [6.07, 6.45) is 1.44. The van der Waals surface area contributed by atoms with Crippen molar-refractivity contribution in [1.82, 2.24) is 40.3 Å². The summed E-state index contributed by atoms with van der Waals surface area (Å²) in [7, 11) is 0. The standard InChI is InChI=1S/C13H14N8OS/c1-2-20-11(16-17-13(20)23)7-14-12(22)9-5-3-4-6-10(9)21-8-15-18-19-21/h3-6,8H,2,7H2,1H3,(H,14,22)(H,17,23). The SMILES string of the molecule is CCn1c(CNC(=O)c2ccccc2-n2cnnn2)n[nH]c1=S. The summed E-state index contributed by atoms with van der Waals surface area (Å²) >= 11 is 5.13. The van der Waals surface area contributed by atoms with Crippen LogP contribution < -0.4 is 5.32 Å². The van der Waals surface area contributed by atoms with E-state index in [4.69, 9.17) is 12.2 Å². The Morgan fingerprint density at radius 3 is 2.96 bits per heavy atom. The summed E-state index contributed by atoms with van der Waals surface area (Å²) in [5.74, 6) is 0.429. The van der Waals surface area contributed by atoms with Gasteiger partial charge < -0.3 is 9.88 Å². The first-order valence-corrected chi connectivity index (χ1v) is 7.36. The molecule has 3 aromatic rings. The molecule has 0 aliphatic rings. The van der Waals surface area contributed by atoms with Gasteiger partial charge in [-0.1, -0.05) is 12.1 Å². The van der Waals surface area contributed by atoms with Crippen LogP contribution in [0.3, 0.4) is 0 Å². The number of hydrogen-bond acceptors (Lipinski definition) is 6. The molecule has 0 aliphatic heterocycles. The Morgan fingerprint density at radius 2 is 2.22 bits per heavy atom. The van der Waals surface area contributed by atoms with Gasteiger partial charge in [-0.25, -0.2) is 0 Å². The lowest BCUT2D eigenvalue weighted by Crippen LogP contribution is -2.26. The molecule has 0 radical (unpaired) electrons. The van der Waals surface area contributed by atoms with Gasteiger partial charge in [-0.3, -0.25) is 9.89 Å². The van der Waals surface area contributed by atoms with Crippen molar-refractivity contribution in [3.63, 3.8) is 0 Å². The van der Waals surface area contributed by atoms with E-state index in [-0.39, 0.29) is 12.5 Å². The third kappa shape index (κ3) is 3.01. The lowest BCUT2D eigenvalue weighted by Gasteiger charge is -2.09. The molecule has 0 saturated heterocycles. The van der Waals surface area contributed by atoms with Crippen LogP contribution in [0, 0.1) is 4.77 Å². The molecule has 10 heteroatoms. The molecule has 2 aromatic heterocycles. The maximum Gasteiger partial charge on any atom is 0.253 e. The monoisotopic (exact) mass is 330 g/mol. The number of nitrogens with zero attached hydrogens (tertiary/aromatic N) is 6. The first-order valence-electron chi connectivity index (χ1n) is 6.95. The predicted molar refractivity (Wildman–Crippen MR) is 83.4 cm³/mol. The lowest BCUT2D eigenvalue weighted by molar-refractivity contribution is 0.0949. The fourth-order valence-electron chi connectivity index (χ4n) is 2.20. The molecule has 0 aliphatic carbocycles. The minimum Gasteiger partial charge on any atom is -0.345 e. The van der Waals surface area contributed by atoms with Gasteiger partial charge in [0.2, 0.25) is 0 Å². The Bertz CT molecular complexity index is 866. The van der Waals surface area contributed by atoms with Crippen LogP contribution in [0.5, 0.6) is 0 Å². The van der Waals surface area contributed by atoms with Gasteiger partial charge in [0.05, 0.1) is 17.8 Å². The summed E-state index contributed by atoms with van der Waals surface area (Å²) in [5.41, 5.74) is 1.07. The van der Waals surface area contributed by atoms with Crippen LogP contribution in [0.15, 0.2) is 30.6 Å². The van der Waals surface area contributed by atoms with Crippen molar-refractivity contribution < 1.29 is 4.79 Å². The van der Waals surface area contributed by atoms with Crippen LogP contribution in [0.25, 0.3) is 5.69 Å². The zero-order valence-corrected chi connectivity index (χ0v) is 13.1. The maximum atomic E-state index is 12.5. The van der Waals surface area contributed by atoms with Gasteiger partial charge in [0.25, 0.3) is 5.91 Å². The lowest BCUT2D eigenvalue weighted by atomic mass is 10.1. The van der Waals surface area contributed by atoms with Crippen molar-refractivity contribution in [3.8, 4) is 5.69 Å². The van der Waals surface area contributed by atoms with Crippen LogP contribution in [0.4, 0.5) is 0 Å². The van der Waals surface area contributed by atoms with Gasteiger partial charge >= 0.3 is 0 Å². The highest BCUT2D eigenvalue weighted by Crippen LogP contribution is 2.12. The number of amides is 1. The molecule has 118 valence electrons. The van der Waals surface area contributed by atoms with E-state index in [1.54, 1.807) is 18.2 Å². The van der Waals surface area contributed by atoms with Crippen LogP contribution >= 0.6 is 12.2 Å². The van der Waals surface area contributed by atoms with Crippen molar-refractivity contribution in [2.24, 2.45) is 0 Å². The van der Waals surface area contributed by atoms with E-state index in [9.17, 15) is 4.79 Å². The Balaban J connectivity index is 1.80. The number of tetrazole rings is 1. The number of para-hydroxylation sites is 1. The number of carbonyl (C=O) groups excluding carboxylic acids is 1. The van der Waals surface area contributed by atoms with Crippen LogP contribution in [-0.2, 0) is 13.1 Å². The second-order valence-corrected chi connectivity index (χ2v) is 5.03. The topological polar surface area (TPSA) is 106 Å². The highest BCUT2D eigenvalue weighted by atomic mass is 32.1. The van der Waals surface area contributed by atoms with Crippen LogP contribution in [-0.4, -0.2) is 40.9 Å². The summed E-state index contributed by atoms with van der Waals surface area (Å²) in [6.45, 7) is 2.91. The first-order chi connectivity index (χ1) is 11.2. The number of H-pyrrole nitrogens is 1. The fraction of sp³-hybridized carbons (Fsp3) is 0.231. The second kappa shape index (κ2) is 6.48. The molecule has 3 rings (SSSR count). The smallest absolute Gasteiger partial charge is 0.253 e. The van der Waals surface area contributed by atoms with Gasteiger partial charge in [-0.05, 0) is 41.7 Å². The maximum absolute atomic E-state index is 12.5. The van der Waals surface area contributed by atoms with Gasteiger partial charge in [0, 0.05) is 6.54 Å². The second-order valence-electron chi connectivity index (χ2n) is 4.64. The number of aromatic nitrogens is 7. The molecule has 0 unspecified atom stereocenters. The highest BCUT2D eigenvalue weighted by Gasteiger charge is 2.14. The Morgan fingerprint density at radius 1 is 1.39 bits per heavy atom. The molecule has 0 saturated carbocycles. The molecule has 23 heavy (non-hydrogen) atoms. The minimum absolute atomic E-state index is 0.243. The van der Waals surface area contributed by atoms with E-state index >= 15 is 0 Å². The molecule has 2 heterocycles. The van der Waals surface area contributed by atoms with Gasteiger partial charge in [0.15, 0.2) is 10.6 Å². The summed E-state index contributed by atoms with van der Waals surface area (Å²) < 4.78 is 3.80. The zero-order chi connectivity index (χ0) is 16.2. The quantitative estimate of drug-likeness (QED) is 0.672. The summed E-state index contributed by atoms with van der Waals surface area (Å²) in [6, 6.07) is 7.08. The average molecular weight is 330 g/mol. The molecule has 0 fully saturated rings. The van der Waals surface area contributed by atoms with Gasteiger partial charge in [-0.2, -0.15) is 9.78 Å². The van der Waals surface area contributed by atoms with Crippen molar-refractivity contribution in [1.29, 1.82) is 0 Å². The van der Waals surface area contributed by atoms with E-state index in [2.05, 4.69) is 31.0 Å². The third-order valence-electron chi connectivity index (χ3n) is 3.31. The zero-order valence-electron chi connectivity index (χ0n) is 12.3. The minimum atomic E-state index is -0.243. The van der Waals surface area contributed by atoms with Crippen molar-refractivity contribution in [2.45, 2.75) is 20.0 Å². The number of aromatic amines is 1. The Kier molecular flexibility index (Phi) is 4.24.